The Labute approximate surface area is 405 Å². The summed E-state index contributed by atoms with van der Waals surface area (Å²) in [7, 11) is 3.25. The lowest BCUT2D eigenvalue weighted by atomic mass is 9.81. The van der Waals surface area contributed by atoms with Gasteiger partial charge in [-0.3, -0.25) is 34.0 Å². The maximum Gasteiger partial charge on any atom is 0.290 e. The van der Waals surface area contributed by atoms with Gasteiger partial charge in [0.1, 0.15) is 12.1 Å². The van der Waals surface area contributed by atoms with E-state index in [1.54, 1.807) is 25.3 Å². The van der Waals surface area contributed by atoms with Crippen molar-refractivity contribution in [2.24, 2.45) is 17.3 Å². The molecule has 2 aromatic heterocycles. The molecule has 2 fully saturated rings. The van der Waals surface area contributed by atoms with Gasteiger partial charge >= 0.3 is 0 Å². The molecule has 16 heteroatoms. The van der Waals surface area contributed by atoms with E-state index in [4.69, 9.17) is 19.6 Å². The SMILES string of the molecule is C=CC(=O)N1CCC(C(=O)N(C)C(C(=O)NC(Cc2cc(-c3ccc4c(c3)c(CC(C)(C)CC)c(-c3cccnc3C(C)OC)n4CC)cc(C(F)F)c2)C(=O)N2CCCCN2)C(C)C)C1.O=CO. The van der Waals surface area contributed by atoms with Gasteiger partial charge in [0.2, 0.25) is 17.7 Å². The molecule has 69 heavy (non-hydrogen) atoms. The number of carbonyl (C=O) groups excluding carboxylic acids is 4. The van der Waals surface area contributed by atoms with Gasteiger partial charge in [0.15, 0.2) is 0 Å². The highest BCUT2D eigenvalue weighted by molar-refractivity contribution is 5.96. The predicted octanol–water partition coefficient (Wildman–Crippen LogP) is 8.39. The molecule has 6 rings (SSSR count). The van der Waals surface area contributed by atoms with Gasteiger partial charge in [0, 0.05) is 81.5 Å². The first-order valence-electron chi connectivity index (χ1n) is 24.0. The lowest BCUT2D eigenvalue weighted by Gasteiger charge is -2.35. The first-order chi connectivity index (χ1) is 32.8. The van der Waals surface area contributed by atoms with E-state index >= 15 is 0 Å². The molecule has 2 aliphatic rings. The number of alkyl halides is 2. The van der Waals surface area contributed by atoms with Crippen molar-refractivity contribution in [1.29, 1.82) is 0 Å². The van der Waals surface area contributed by atoms with Crippen LogP contribution in [0.2, 0.25) is 0 Å². The maximum atomic E-state index is 14.9. The minimum absolute atomic E-state index is 0.0644. The van der Waals surface area contributed by atoms with Crippen molar-refractivity contribution in [1.82, 2.24) is 35.1 Å². The Balaban J connectivity index is 0.00000288. The Kier molecular flexibility index (Phi) is 18.8. The summed E-state index contributed by atoms with van der Waals surface area (Å²) in [6.07, 6.45) is 3.65. The smallest absolute Gasteiger partial charge is 0.290 e. The van der Waals surface area contributed by atoms with E-state index in [0.29, 0.717) is 43.7 Å². The number of aromatic nitrogens is 2. The number of pyridine rings is 1. The summed E-state index contributed by atoms with van der Waals surface area (Å²) in [5, 5.41) is 12.4. The molecule has 2 aromatic carbocycles. The molecule has 3 N–H and O–H groups in total. The summed E-state index contributed by atoms with van der Waals surface area (Å²) in [6, 6.07) is 12.8. The maximum absolute atomic E-state index is 14.9. The summed E-state index contributed by atoms with van der Waals surface area (Å²) < 4.78 is 38.0. The van der Waals surface area contributed by atoms with Gasteiger partial charge in [-0.2, -0.15) is 0 Å². The Morgan fingerprint density at radius 2 is 1.78 bits per heavy atom. The number of hydrazine groups is 1. The van der Waals surface area contributed by atoms with E-state index in [1.807, 2.05) is 39.0 Å². The summed E-state index contributed by atoms with van der Waals surface area (Å²) in [5.41, 5.74) is 9.67. The molecule has 4 amide bonds. The van der Waals surface area contributed by atoms with E-state index in [1.165, 1.54) is 28.1 Å². The van der Waals surface area contributed by atoms with Crippen LogP contribution in [0.25, 0.3) is 33.3 Å². The summed E-state index contributed by atoms with van der Waals surface area (Å²) in [4.78, 5) is 71.1. The van der Waals surface area contributed by atoms with Crippen LogP contribution in [-0.4, -0.2) is 112 Å². The largest absolute Gasteiger partial charge is 0.483 e. The molecule has 4 heterocycles. The number of aryl methyl sites for hydroxylation is 1. The Bertz CT molecular complexity index is 2470. The number of carboxylic acid groups (broad SMARTS) is 1. The highest BCUT2D eigenvalue weighted by atomic mass is 19.3. The van der Waals surface area contributed by atoms with Gasteiger partial charge in [-0.15, -0.1) is 0 Å². The fraction of sp³-hybridized carbons (Fsp3) is 0.509. The second-order valence-electron chi connectivity index (χ2n) is 19.2. The van der Waals surface area contributed by atoms with Crippen LogP contribution in [0.5, 0.6) is 0 Å². The molecular weight excluding hydrogens is 885 g/mol. The second-order valence-corrected chi connectivity index (χ2v) is 19.2. The number of likely N-dealkylation sites (N-methyl/N-ethyl adjacent to an activating group) is 1. The van der Waals surface area contributed by atoms with Crippen molar-refractivity contribution >= 4 is 41.0 Å². The van der Waals surface area contributed by atoms with E-state index in [2.05, 4.69) is 67.8 Å². The lowest BCUT2D eigenvalue weighted by molar-refractivity contribution is -0.145. The van der Waals surface area contributed by atoms with Crippen LogP contribution in [0.1, 0.15) is 109 Å². The van der Waals surface area contributed by atoms with Gasteiger partial charge < -0.3 is 29.5 Å². The van der Waals surface area contributed by atoms with Crippen molar-refractivity contribution in [3.8, 4) is 22.4 Å². The number of likely N-dealkylation sites (tertiary alicyclic amines) is 1. The molecule has 0 bridgehead atoms. The highest BCUT2D eigenvalue weighted by Crippen LogP contribution is 2.42. The monoisotopic (exact) mass is 956 g/mol. The Morgan fingerprint density at radius 1 is 1.06 bits per heavy atom. The van der Waals surface area contributed by atoms with Crippen LogP contribution < -0.4 is 10.7 Å². The Morgan fingerprint density at radius 3 is 2.39 bits per heavy atom. The highest BCUT2D eigenvalue weighted by Gasteiger charge is 2.39. The van der Waals surface area contributed by atoms with Crippen LogP contribution in [0.4, 0.5) is 8.78 Å². The van der Waals surface area contributed by atoms with Gasteiger partial charge in [0.05, 0.1) is 23.4 Å². The molecule has 2 saturated heterocycles. The number of ether oxygens (including phenoxy) is 1. The fourth-order valence-electron chi connectivity index (χ4n) is 9.60. The third-order valence-corrected chi connectivity index (χ3v) is 13.6. The molecule has 0 saturated carbocycles. The van der Waals surface area contributed by atoms with Gasteiger partial charge in [-0.25, -0.2) is 14.2 Å². The number of hydrogen-bond donors (Lipinski definition) is 3. The number of methoxy groups -OCH3 is 1. The fourth-order valence-corrected chi connectivity index (χ4v) is 9.60. The van der Waals surface area contributed by atoms with E-state index in [9.17, 15) is 28.0 Å². The molecule has 4 unspecified atom stereocenters. The molecule has 0 radical (unpaired) electrons. The van der Waals surface area contributed by atoms with Crippen LogP contribution in [0.15, 0.2) is 67.4 Å². The molecular formula is C53H71F2N7O7. The molecule has 2 aliphatic heterocycles. The minimum atomic E-state index is -2.81. The number of nitrogens with zero attached hydrogens (tertiary/aromatic N) is 5. The molecule has 374 valence electrons. The van der Waals surface area contributed by atoms with Crippen LogP contribution in [-0.2, 0) is 48.1 Å². The molecule has 0 spiro atoms. The third kappa shape index (κ3) is 12.6. The normalized spacial score (nSPS) is 16.4. The first-order valence-corrected chi connectivity index (χ1v) is 24.0. The Hall–Kier alpha value is -6.00. The first kappa shape index (κ1) is 53.9. The van der Waals surface area contributed by atoms with Crippen LogP contribution in [0, 0.1) is 17.3 Å². The zero-order chi connectivity index (χ0) is 50.7. The number of amides is 4. The summed E-state index contributed by atoms with van der Waals surface area (Å²) in [6.45, 7) is 20.1. The molecule has 14 nitrogen and oxygen atoms in total. The number of hydrogen-bond acceptors (Lipinski definition) is 8. The second kappa shape index (κ2) is 24.0. The number of benzene rings is 2. The van der Waals surface area contributed by atoms with Crippen LogP contribution >= 0.6 is 0 Å². The zero-order valence-electron chi connectivity index (χ0n) is 41.7. The zero-order valence-corrected chi connectivity index (χ0v) is 41.7. The molecule has 4 atom stereocenters. The lowest BCUT2D eigenvalue weighted by Crippen LogP contribution is -2.59. The van der Waals surface area contributed by atoms with Gasteiger partial charge in [-0.05, 0) is 110 Å². The average Bonchev–Trinajstić information content (AvgIpc) is 3.96. The van der Waals surface area contributed by atoms with E-state index < -0.39 is 36.2 Å². The topological polar surface area (TPSA) is 166 Å². The average molecular weight is 956 g/mol. The van der Waals surface area contributed by atoms with Gasteiger partial charge in [0.25, 0.3) is 18.8 Å². The van der Waals surface area contributed by atoms with E-state index in [-0.39, 0.29) is 54.3 Å². The number of nitrogens with one attached hydrogen (secondary N) is 2. The van der Waals surface area contributed by atoms with Crippen LogP contribution in [0.3, 0.4) is 0 Å². The standard InChI is InChI=1S/C52H69F2N7O5.CH2O2/c1-11-44(62)59-24-20-36(31-59)50(64)58(9)46(32(4)5)49(63)57-42(51(65)61-23-15-14-22-56-61)27-34-25-37(28-38(26-34)48(53)54)35-18-19-43-40(29-35)41(30-52(7,8)12-2)47(60(43)13-3)39-17-16-21-55-45(39)33(6)66-10;2-1-3/h11,16-19,21,25-26,28-29,32-33,36,42,46,48,56H,1,12-15,20,22-24,27,30-31H2,2-10H3,(H,57,63);1H,(H,2,3). The van der Waals surface area contributed by atoms with Crippen molar-refractivity contribution in [2.75, 3.05) is 40.3 Å². The summed E-state index contributed by atoms with van der Waals surface area (Å²) >= 11 is 0. The van der Waals surface area contributed by atoms with Crippen molar-refractivity contribution in [3.63, 3.8) is 0 Å². The number of fused-ring (bicyclic) bond motifs is 1. The van der Waals surface area contributed by atoms with E-state index in [0.717, 1.165) is 64.7 Å². The number of rotatable bonds is 18. The van der Waals surface area contributed by atoms with Crippen molar-refractivity contribution in [2.45, 2.75) is 118 Å². The molecule has 4 aromatic rings. The van der Waals surface area contributed by atoms with Crippen molar-refractivity contribution < 1.29 is 42.6 Å². The number of halogens is 2. The third-order valence-electron chi connectivity index (χ3n) is 13.6. The van der Waals surface area contributed by atoms with Crippen molar-refractivity contribution in [3.05, 3.63) is 89.8 Å². The summed E-state index contributed by atoms with van der Waals surface area (Å²) in [5.74, 6) is -2.29. The predicted molar refractivity (Wildman–Crippen MR) is 264 cm³/mol. The minimum Gasteiger partial charge on any atom is -0.483 e. The number of carbonyl (C=O) groups is 5. The molecule has 0 aliphatic carbocycles. The van der Waals surface area contributed by atoms with Gasteiger partial charge in [-0.1, -0.05) is 65.8 Å². The quantitative estimate of drug-likeness (QED) is 0.0656.